The standard InChI is InChI=1S/C18H23N5O/c24-18(16-7-12-23(21-16)15-3-1-8-20-13-15)22-11-2-4-17(22)14-5-9-19-10-6-14/h5-7,9-10,12,15,17,20H,1-4,8,11,13H2. The second-order valence-corrected chi connectivity index (χ2v) is 6.62. The molecule has 2 aromatic heterocycles. The van der Waals surface area contributed by atoms with Crippen molar-refractivity contribution >= 4 is 5.91 Å². The first-order chi connectivity index (χ1) is 11.8. The third kappa shape index (κ3) is 2.94. The lowest BCUT2D eigenvalue weighted by molar-refractivity contribution is 0.0728. The van der Waals surface area contributed by atoms with Crippen LogP contribution in [0, 0.1) is 0 Å². The lowest BCUT2D eigenvalue weighted by Gasteiger charge is -2.25. The van der Waals surface area contributed by atoms with Crippen molar-refractivity contribution < 1.29 is 4.79 Å². The Bertz CT molecular complexity index is 692. The number of aromatic nitrogens is 3. The molecule has 2 fully saturated rings. The number of hydrogen-bond donors (Lipinski definition) is 1. The second-order valence-electron chi connectivity index (χ2n) is 6.62. The molecule has 4 rings (SSSR count). The molecule has 6 heteroatoms. The summed E-state index contributed by atoms with van der Waals surface area (Å²) in [6.45, 7) is 2.80. The van der Waals surface area contributed by atoms with Crippen LogP contribution < -0.4 is 5.32 Å². The van der Waals surface area contributed by atoms with Gasteiger partial charge in [0, 0.05) is 31.7 Å². The summed E-state index contributed by atoms with van der Waals surface area (Å²) in [5, 5.41) is 7.97. The van der Waals surface area contributed by atoms with Crippen LogP contribution in [-0.2, 0) is 0 Å². The van der Waals surface area contributed by atoms with Crippen molar-refractivity contribution in [3.63, 3.8) is 0 Å². The molecular formula is C18H23N5O. The Hall–Kier alpha value is -2.21. The minimum Gasteiger partial charge on any atom is -0.330 e. The van der Waals surface area contributed by atoms with E-state index >= 15 is 0 Å². The SMILES string of the molecule is O=C(c1ccn(C2CCCNC2)n1)N1CCCC1c1ccncc1. The van der Waals surface area contributed by atoms with Crippen LogP contribution in [0.15, 0.2) is 36.8 Å². The van der Waals surface area contributed by atoms with E-state index in [4.69, 9.17) is 0 Å². The third-order valence-electron chi connectivity index (χ3n) is 5.08. The molecule has 4 heterocycles. The van der Waals surface area contributed by atoms with E-state index in [2.05, 4.69) is 15.4 Å². The molecule has 2 aromatic rings. The Morgan fingerprint density at radius 1 is 1.17 bits per heavy atom. The van der Waals surface area contributed by atoms with Crippen LogP contribution in [0.1, 0.15) is 53.8 Å². The number of rotatable bonds is 3. The predicted molar refractivity (Wildman–Crippen MR) is 90.6 cm³/mol. The van der Waals surface area contributed by atoms with Crippen LogP contribution >= 0.6 is 0 Å². The Kier molecular flexibility index (Phi) is 4.30. The van der Waals surface area contributed by atoms with Gasteiger partial charge in [-0.25, -0.2) is 0 Å². The smallest absolute Gasteiger partial charge is 0.274 e. The Morgan fingerprint density at radius 3 is 2.83 bits per heavy atom. The topological polar surface area (TPSA) is 63.1 Å². The van der Waals surface area contributed by atoms with Gasteiger partial charge >= 0.3 is 0 Å². The molecule has 1 amide bonds. The van der Waals surface area contributed by atoms with Crippen LogP contribution in [0.25, 0.3) is 0 Å². The number of amides is 1. The average Bonchev–Trinajstić information content (AvgIpc) is 3.32. The molecule has 2 unspecified atom stereocenters. The van der Waals surface area contributed by atoms with E-state index in [1.165, 1.54) is 0 Å². The van der Waals surface area contributed by atoms with Gasteiger partial charge in [0.25, 0.3) is 5.91 Å². The molecule has 0 saturated carbocycles. The van der Waals surface area contributed by atoms with Crippen LogP contribution in [0.5, 0.6) is 0 Å². The fraction of sp³-hybridized carbons (Fsp3) is 0.500. The highest BCUT2D eigenvalue weighted by molar-refractivity contribution is 5.92. The molecule has 2 atom stereocenters. The quantitative estimate of drug-likeness (QED) is 0.939. The lowest BCUT2D eigenvalue weighted by atomic mass is 10.1. The molecule has 0 radical (unpaired) electrons. The summed E-state index contributed by atoms with van der Waals surface area (Å²) in [7, 11) is 0. The van der Waals surface area contributed by atoms with Crippen molar-refractivity contribution in [1.29, 1.82) is 0 Å². The van der Waals surface area contributed by atoms with E-state index < -0.39 is 0 Å². The first-order valence-electron chi connectivity index (χ1n) is 8.80. The van der Waals surface area contributed by atoms with Gasteiger partial charge < -0.3 is 10.2 Å². The number of nitrogens with one attached hydrogen (secondary N) is 1. The molecule has 0 spiro atoms. The maximum absolute atomic E-state index is 12.9. The van der Waals surface area contributed by atoms with Gasteiger partial charge in [-0.1, -0.05) is 0 Å². The summed E-state index contributed by atoms with van der Waals surface area (Å²) < 4.78 is 1.96. The van der Waals surface area contributed by atoms with Gasteiger partial charge in [0.05, 0.1) is 12.1 Å². The highest BCUT2D eigenvalue weighted by Crippen LogP contribution is 2.32. The van der Waals surface area contributed by atoms with Gasteiger partial charge in [-0.3, -0.25) is 14.5 Å². The van der Waals surface area contributed by atoms with Gasteiger partial charge in [-0.2, -0.15) is 5.10 Å². The number of pyridine rings is 1. The fourth-order valence-electron chi connectivity index (χ4n) is 3.80. The third-order valence-corrected chi connectivity index (χ3v) is 5.08. The van der Waals surface area contributed by atoms with E-state index in [0.717, 1.165) is 50.9 Å². The van der Waals surface area contributed by atoms with Crippen LogP contribution in [-0.4, -0.2) is 45.2 Å². The van der Waals surface area contributed by atoms with Crippen LogP contribution in [0.2, 0.25) is 0 Å². The summed E-state index contributed by atoms with van der Waals surface area (Å²) in [6, 6.07) is 6.36. The van der Waals surface area contributed by atoms with Gasteiger partial charge in [-0.05, 0) is 56.0 Å². The molecule has 1 N–H and O–H groups in total. The van der Waals surface area contributed by atoms with E-state index in [1.54, 1.807) is 12.4 Å². The molecule has 0 bridgehead atoms. The van der Waals surface area contributed by atoms with E-state index in [9.17, 15) is 4.79 Å². The van der Waals surface area contributed by atoms with Crippen LogP contribution in [0.4, 0.5) is 0 Å². The van der Waals surface area contributed by atoms with Crippen molar-refractivity contribution in [1.82, 2.24) is 25.0 Å². The maximum atomic E-state index is 12.9. The second kappa shape index (κ2) is 6.73. The van der Waals surface area contributed by atoms with Crippen molar-refractivity contribution in [2.45, 2.75) is 37.8 Å². The van der Waals surface area contributed by atoms with Gasteiger partial charge in [-0.15, -0.1) is 0 Å². The molecule has 2 aliphatic rings. The molecule has 0 aromatic carbocycles. The highest BCUT2D eigenvalue weighted by atomic mass is 16.2. The number of piperidine rings is 1. The zero-order valence-electron chi connectivity index (χ0n) is 13.8. The summed E-state index contributed by atoms with van der Waals surface area (Å²) in [6.07, 6.45) is 9.84. The predicted octanol–water partition coefficient (Wildman–Crippen LogP) is 2.18. The first-order valence-corrected chi connectivity index (χ1v) is 8.80. The summed E-state index contributed by atoms with van der Waals surface area (Å²) in [4.78, 5) is 19.0. The molecule has 6 nitrogen and oxygen atoms in total. The Balaban J connectivity index is 1.51. The van der Waals surface area contributed by atoms with Gasteiger partial charge in [0.15, 0.2) is 0 Å². The van der Waals surface area contributed by atoms with E-state index in [-0.39, 0.29) is 11.9 Å². The molecule has 24 heavy (non-hydrogen) atoms. The Labute approximate surface area is 141 Å². The fourth-order valence-corrected chi connectivity index (χ4v) is 3.80. The Morgan fingerprint density at radius 2 is 2.04 bits per heavy atom. The highest BCUT2D eigenvalue weighted by Gasteiger charge is 2.31. The molecule has 0 aliphatic carbocycles. The zero-order valence-corrected chi connectivity index (χ0v) is 13.8. The number of nitrogens with zero attached hydrogens (tertiary/aromatic N) is 4. The first kappa shape index (κ1) is 15.3. The maximum Gasteiger partial charge on any atom is 0.274 e. The zero-order chi connectivity index (χ0) is 16.4. The van der Waals surface area contributed by atoms with Crippen molar-refractivity contribution in [3.05, 3.63) is 48.0 Å². The average molecular weight is 325 g/mol. The number of hydrogen-bond acceptors (Lipinski definition) is 4. The van der Waals surface area contributed by atoms with Gasteiger partial charge in [0.1, 0.15) is 5.69 Å². The monoisotopic (exact) mass is 325 g/mol. The molecule has 2 aliphatic heterocycles. The summed E-state index contributed by atoms with van der Waals surface area (Å²) in [5.41, 5.74) is 1.72. The van der Waals surface area contributed by atoms with Crippen molar-refractivity contribution in [2.24, 2.45) is 0 Å². The van der Waals surface area contributed by atoms with Crippen molar-refractivity contribution in [2.75, 3.05) is 19.6 Å². The normalized spacial score (nSPS) is 24.2. The lowest BCUT2D eigenvalue weighted by Crippen LogP contribution is -2.33. The largest absolute Gasteiger partial charge is 0.330 e. The number of carbonyl (C=O) groups excluding carboxylic acids is 1. The summed E-state index contributed by atoms with van der Waals surface area (Å²) >= 11 is 0. The number of carbonyl (C=O) groups is 1. The van der Waals surface area contributed by atoms with Crippen LogP contribution in [0.3, 0.4) is 0 Å². The minimum atomic E-state index is 0.0387. The summed E-state index contributed by atoms with van der Waals surface area (Å²) in [5.74, 6) is 0.0387. The molecular weight excluding hydrogens is 302 g/mol. The van der Waals surface area contributed by atoms with Crippen molar-refractivity contribution in [3.8, 4) is 0 Å². The number of likely N-dealkylation sites (tertiary alicyclic amines) is 1. The van der Waals surface area contributed by atoms with E-state index in [0.29, 0.717) is 11.7 Å². The van der Waals surface area contributed by atoms with Gasteiger partial charge in [0.2, 0.25) is 0 Å². The molecule has 2 saturated heterocycles. The molecule has 126 valence electrons. The minimum absolute atomic E-state index is 0.0387. The van der Waals surface area contributed by atoms with E-state index in [1.807, 2.05) is 34.0 Å².